The Morgan fingerprint density at radius 2 is 1.46 bits per heavy atom. The van der Waals surface area contributed by atoms with Gasteiger partial charge in [0.15, 0.2) is 6.61 Å². The van der Waals surface area contributed by atoms with Crippen LogP contribution in [-0.2, 0) is 0 Å². The Hall–Kier alpha value is -3.70. The van der Waals surface area contributed by atoms with Gasteiger partial charge >= 0.3 is 6.18 Å². The molecule has 1 aromatic carbocycles. The van der Waals surface area contributed by atoms with E-state index in [2.05, 4.69) is 25.1 Å². The number of pyridine rings is 1. The summed E-state index contributed by atoms with van der Waals surface area (Å²) in [6.07, 6.45) is -3.20. The molecule has 0 spiro atoms. The lowest BCUT2D eigenvalue weighted by molar-refractivity contribution is -0.154. The molecule has 3 fully saturated rings. The minimum Gasteiger partial charge on any atom is -0.468 e. The van der Waals surface area contributed by atoms with Gasteiger partial charge in [-0.1, -0.05) is 0 Å². The van der Waals surface area contributed by atoms with E-state index in [1.54, 1.807) is 23.1 Å². The number of alkyl halides is 3. The molecule has 2 saturated heterocycles. The van der Waals surface area contributed by atoms with Gasteiger partial charge in [0.1, 0.15) is 11.0 Å². The summed E-state index contributed by atoms with van der Waals surface area (Å²) in [4.78, 5) is 33.5. The average molecular weight is 486 g/mol. The zero-order valence-corrected chi connectivity index (χ0v) is 18.4. The minimum absolute atomic E-state index is 0.0192. The number of amides is 2. The molecule has 0 unspecified atom stereocenters. The molecule has 3 aromatic rings. The Kier molecular flexibility index (Phi) is 4.94. The van der Waals surface area contributed by atoms with Gasteiger partial charge in [0.25, 0.3) is 11.8 Å². The predicted molar refractivity (Wildman–Crippen MR) is 115 cm³/mol. The fourth-order valence-electron chi connectivity index (χ4n) is 5.79. The highest BCUT2D eigenvalue weighted by atomic mass is 19.4. The van der Waals surface area contributed by atoms with Gasteiger partial charge in [-0.3, -0.25) is 9.59 Å². The highest BCUT2D eigenvalue weighted by Crippen LogP contribution is 2.54. The van der Waals surface area contributed by atoms with E-state index in [9.17, 15) is 22.8 Å². The van der Waals surface area contributed by atoms with E-state index in [-0.39, 0.29) is 17.7 Å². The number of nitrogens with one attached hydrogen (secondary N) is 1. The monoisotopic (exact) mass is 486 g/mol. The predicted octanol–water partition coefficient (Wildman–Crippen LogP) is 2.38. The molecule has 6 rings (SSSR count). The summed E-state index contributed by atoms with van der Waals surface area (Å²) in [5, 5.41) is 10.6. The van der Waals surface area contributed by atoms with E-state index in [0.29, 0.717) is 72.0 Å². The van der Waals surface area contributed by atoms with Crippen LogP contribution in [0.3, 0.4) is 0 Å². The maximum absolute atomic E-state index is 13.1. The van der Waals surface area contributed by atoms with Crippen LogP contribution in [0.4, 0.5) is 13.2 Å². The molecule has 1 N–H and O–H groups in total. The van der Waals surface area contributed by atoms with Gasteiger partial charge in [0, 0.05) is 44.0 Å². The van der Waals surface area contributed by atoms with Crippen molar-refractivity contribution >= 4 is 22.8 Å². The lowest BCUT2D eigenvalue weighted by Crippen LogP contribution is -2.44. The maximum atomic E-state index is 13.1. The summed E-state index contributed by atoms with van der Waals surface area (Å²) in [7, 11) is 0. The molecule has 35 heavy (non-hydrogen) atoms. The van der Waals surface area contributed by atoms with Crippen molar-refractivity contribution in [2.75, 3.05) is 32.8 Å². The number of ether oxygens (including phenoxy) is 1. The van der Waals surface area contributed by atoms with E-state index in [4.69, 9.17) is 0 Å². The standard InChI is InChI=1S/C23H21F3N6O3/c24-23(25,26)11-35-20-4-2-13(6-27-20)22(34)32-9-16-14-7-31(8-15(14)17(16)10-32)21(33)12-1-3-18-19(5-12)29-30-28-18/h1-6,14-17H,7-11H2,(H,28,29,30)/t14-,15+,16+,17-. The third-order valence-electron chi connectivity index (χ3n) is 7.43. The number of hydrogen-bond acceptors (Lipinski definition) is 6. The number of halogens is 3. The Bertz CT molecular complexity index is 1270. The third-order valence-corrected chi connectivity index (χ3v) is 7.43. The van der Waals surface area contributed by atoms with Crippen LogP contribution in [0.2, 0.25) is 0 Å². The normalized spacial score (nSPS) is 25.3. The molecule has 2 amide bonds. The maximum Gasteiger partial charge on any atom is 0.422 e. The molecule has 0 radical (unpaired) electrons. The van der Waals surface area contributed by atoms with E-state index < -0.39 is 12.8 Å². The number of aromatic nitrogens is 4. The minimum atomic E-state index is -4.45. The first-order valence-corrected chi connectivity index (χ1v) is 11.3. The number of likely N-dealkylation sites (tertiary alicyclic amines) is 2. The highest BCUT2D eigenvalue weighted by Gasteiger charge is 2.59. The van der Waals surface area contributed by atoms with Crippen molar-refractivity contribution in [2.24, 2.45) is 23.7 Å². The molecular weight excluding hydrogens is 465 g/mol. The smallest absolute Gasteiger partial charge is 0.422 e. The van der Waals surface area contributed by atoms with E-state index in [1.165, 1.54) is 18.3 Å². The first-order valence-electron chi connectivity index (χ1n) is 11.3. The third kappa shape index (κ3) is 3.86. The van der Waals surface area contributed by atoms with Crippen molar-refractivity contribution in [1.29, 1.82) is 0 Å². The zero-order valence-electron chi connectivity index (χ0n) is 18.4. The number of carbonyl (C=O) groups excluding carboxylic acids is 2. The van der Waals surface area contributed by atoms with Gasteiger partial charge in [-0.15, -0.1) is 0 Å². The van der Waals surface area contributed by atoms with Crippen molar-refractivity contribution in [3.63, 3.8) is 0 Å². The van der Waals surface area contributed by atoms with Crippen LogP contribution in [0.15, 0.2) is 36.5 Å². The molecule has 1 aliphatic carbocycles. The Morgan fingerprint density at radius 3 is 2.03 bits per heavy atom. The van der Waals surface area contributed by atoms with Crippen LogP contribution in [0.25, 0.3) is 11.0 Å². The topological polar surface area (TPSA) is 104 Å². The summed E-state index contributed by atoms with van der Waals surface area (Å²) in [6.45, 7) is 1.10. The van der Waals surface area contributed by atoms with Crippen LogP contribution in [0.1, 0.15) is 20.7 Å². The highest BCUT2D eigenvalue weighted by molar-refractivity contribution is 5.97. The number of fused-ring (bicyclic) bond motifs is 5. The first-order chi connectivity index (χ1) is 16.8. The number of nitrogens with zero attached hydrogens (tertiary/aromatic N) is 5. The van der Waals surface area contributed by atoms with Crippen LogP contribution >= 0.6 is 0 Å². The summed E-state index contributed by atoms with van der Waals surface area (Å²) in [5.74, 6) is 0.990. The van der Waals surface area contributed by atoms with E-state index in [0.717, 1.165) is 0 Å². The van der Waals surface area contributed by atoms with Crippen molar-refractivity contribution in [1.82, 2.24) is 30.2 Å². The summed E-state index contributed by atoms with van der Waals surface area (Å²) >= 11 is 0. The van der Waals surface area contributed by atoms with E-state index in [1.807, 2.05) is 4.90 Å². The van der Waals surface area contributed by atoms with Crippen molar-refractivity contribution in [2.45, 2.75) is 6.18 Å². The van der Waals surface area contributed by atoms with Crippen LogP contribution in [0.5, 0.6) is 5.88 Å². The molecule has 3 aliphatic rings. The van der Waals surface area contributed by atoms with Crippen LogP contribution in [-0.4, -0.2) is 81.0 Å². The zero-order chi connectivity index (χ0) is 24.3. The quantitative estimate of drug-likeness (QED) is 0.607. The Labute approximate surface area is 197 Å². The summed E-state index contributed by atoms with van der Waals surface area (Å²) in [6, 6.07) is 8.00. The lowest BCUT2D eigenvalue weighted by atomic mass is 9.60. The van der Waals surface area contributed by atoms with Gasteiger partial charge in [-0.05, 0) is 47.9 Å². The number of aromatic amines is 1. The molecular formula is C23H21F3N6O3. The van der Waals surface area contributed by atoms with E-state index >= 15 is 0 Å². The van der Waals surface area contributed by atoms with Gasteiger partial charge in [0.05, 0.1) is 5.56 Å². The summed E-state index contributed by atoms with van der Waals surface area (Å²) < 4.78 is 41.5. The van der Waals surface area contributed by atoms with Gasteiger partial charge in [-0.2, -0.15) is 28.6 Å². The van der Waals surface area contributed by atoms with Gasteiger partial charge in [-0.25, -0.2) is 4.98 Å². The molecule has 4 heterocycles. The van der Waals surface area contributed by atoms with Crippen LogP contribution in [0, 0.1) is 23.7 Å². The largest absolute Gasteiger partial charge is 0.468 e. The SMILES string of the molecule is O=C(c1ccc(OCC(F)(F)F)nc1)N1C[C@@H]2[C@H](C1)[C@H]1CN(C(=O)c3ccc4n[nH]nc4c3)C[C@@H]21. The van der Waals surface area contributed by atoms with Crippen molar-refractivity contribution < 1.29 is 27.5 Å². The second-order valence-corrected chi connectivity index (χ2v) is 9.39. The van der Waals surface area contributed by atoms with Crippen molar-refractivity contribution in [3.8, 4) is 5.88 Å². The molecule has 1 saturated carbocycles. The number of rotatable bonds is 4. The first kappa shape index (κ1) is 21.8. The second kappa shape index (κ2) is 7.92. The average Bonchev–Trinajstić information content (AvgIpc) is 3.55. The molecule has 4 atom stereocenters. The number of benzene rings is 1. The Balaban J connectivity index is 1.06. The molecule has 12 heteroatoms. The molecule has 0 bridgehead atoms. The fourth-order valence-corrected chi connectivity index (χ4v) is 5.79. The van der Waals surface area contributed by atoms with Crippen LogP contribution < -0.4 is 4.74 Å². The van der Waals surface area contributed by atoms with Gasteiger partial charge in [0.2, 0.25) is 5.88 Å². The second-order valence-electron chi connectivity index (χ2n) is 9.39. The lowest BCUT2D eigenvalue weighted by Gasteiger charge is -2.42. The molecule has 2 aromatic heterocycles. The van der Waals surface area contributed by atoms with Gasteiger partial charge < -0.3 is 14.5 Å². The fraction of sp³-hybridized carbons (Fsp3) is 0.435. The molecule has 182 valence electrons. The number of H-pyrrole nitrogens is 1. The summed E-state index contributed by atoms with van der Waals surface area (Å²) in [5.41, 5.74) is 2.26. The Morgan fingerprint density at radius 1 is 0.886 bits per heavy atom. The molecule has 9 nitrogen and oxygen atoms in total. The molecule has 2 aliphatic heterocycles. The van der Waals surface area contributed by atoms with Crippen molar-refractivity contribution in [3.05, 3.63) is 47.7 Å². The number of hydrogen-bond donors (Lipinski definition) is 1. The number of carbonyl (C=O) groups is 2.